The summed E-state index contributed by atoms with van der Waals surface area (Å²) in [6.45, 7) is 0. The van der Waals surface area contributed by atoms with E-state index in [1.165, 1.54) is 0 Å². The van der Waals surface area contributed by atoms with E-state index in [-0.39, 0.29) is 0 Å². The standard InChI is InChI=1S/C16H19NO4/c1-18-13-10-12(17-11-8-6-5-7-9-11)14(19-2)16(21-4)15(13)20-3/h5-10,17H,1-4H3. The molecule has 2 rings (SSSR count). The van der Waals surface area contributed by atoms with Gasteiger partial charge in [0.05, 0.1) is 34.1 Å². The van der Waals surface area contributed by atoms with Crippen molar-refractivity contribution in [3.05, 3.63) is 36.4 Å². The van der Waals surface area contributed by atoms with Gasteiger partial charge in [-0.15, -0.1) is 0 Å². The summed E-state index contributed by atoms with van der Waals surface area (Å²) in [5, 5.41) is 3.28. The molecule has 0 atom stereocenters. The van der Waals surface area contributed by atoms with Gasteiger partial charge < -0.3 is 24.3 Å². The van der Waals surface area contributed by atoms with Crippen molar-refractivity contribution in [2.45, 2.75) is 0 Å². The van der Waals surface area contributed by atoms with Crippen LogP contribution in [-0.2, 0) is 0 Å². The van der Waals surface area contributed by atoms with Gasteiger partial charge in [-0.3, -0.25) is 0 Å². The van der Waals surface area contributed by atoms with E-state index in [9.17, 15) is 0 Å². The average Bonchev–Trinajstić information content (AvgIpc) is 2.54. The third-order valence-corrected chi connectivity index (χ3v) is 3.04. The fourth-order valence-corrected chi connectivity index (χ4v) is 2.10. The van der Waals surface area contributed by atoms with Gasteiger partial charge in [-0.05, 0) is 12.1 Å². The van der Waals surface area contributed by atoms with Crippen LogP contribution in [0.5, 0.6) is 23.0 Å². The number of methoxy groups -OCH3 is 4. The first-order valence-electron chi connectivity index (χ1n) is 6.44. The zero-order valence-corrected chi connectivity index (χ0v) is 12.6. The number of rotatable bonds is 6. The number of hydrogen-bond donors (Lipinski definition) is 1. The summed E-state index contributed by atoms with van der Waals surface area (Å²) >= 11 is 0. The third-order valence-electron chi connectivity index (χ3n) is 3.04. The Morgan fingerprint density at radius 3 is 1.86 bits per heavy atom. The summed E-state index contributed by atoms with van der Waals surface area (Å²) in [4.78, 5) is 0. The normalized spacial score (nSPS) is 9.90. The molecule has 2 aromatic carbocycles. The van der Waals surface area contributed by atoms with Crippen molar-refractivity contribution in [3.63, 3.8) is 0 Å². The highest BCUT2D eigenvalue weighted by molar-refractivity contribution is 5.76. The first kappa shape index (κ1) is 14.8. The van der Waals surface area contributed by atoms with Crippen LogP contribution in [0, 0.1) is 0 Å². The monoisotopic (exact) mass is 289 g/mol. The molecule has 0 heterocycles. The predicted octanol–water partition coefficient (Wildman–Crippen LogP) is 3.46. The molecule has 2 aromatic rings. The van der Waals surface area contributed by atoms with E-state index in [1.54, 1.807) is 28.4 Å². The zero-order chi connectivity index (χ0) is 15.2. The summed E-state index contributed by atoms with van der Waals surface area (Å²) in [6.07, 6.45) is 0. The van der Waals surface area contributed by atoms with Crippen molar-refractivity contribution in [2.75, 3.05) is 33.8 Å². The number of para-hydroxylation sites is 1. The maximum absolute atomic E-state index is 5.46. The molecule has 0 unspecified atom stereocenters. The molecular weight excluding hydrogens is 270 g/mol. The molecule has 0 aliphatic carbocycles. The lowest BCUT2D eigenvalue weighted by Crippen LogP contribution is -2.01. The van der Waals surface area contributed by atoms with E-state index in [1.807, 2.05) is 36.4 Å². The minimum atomic E-state index is 0.484. The third kappa shape index (κ3) is 2.97. The molecule has 5 heteroatoms. The molecule has 0 radical (unpaired) electrons. The second-order valence-electron chi connectivity index (χ2n) is 4.22. The Labute approximate surface area is 124 Å². The zero-order valence-electron chi connectivity index (χ0n) is 12.6. The lowest BCUT2D eigenvalue weighted by Gasteiger charge is -2.19. The number of nitrogens with one attached hydrogen (secondary N) is 1. The summed E-state index contributed by atoms with van der Waals surface area (Å²) < 4.78 is 21.6. The van der Waals surface area contributed by atoms with Crippen LogP contribution in [0.2, 0.25) is 0 Å². The van der Waals surface area contributed by atoms with E-state index < -0.39 is 0 Å². The molecule has 5 nitrogen and oxygen atoms in total. The van der Waals surface area contributed by atoms with Crippen LogP contribution in [0.15, 0.2) is 36.4 Å². The Bertz CT molecular complexity index is 599. The van der Waals surface area contributed by atoms with E-state index in [0.717, 1.165) is 11.4 Å². The summed E-state index contributed by atoms with van der Waals surface area (Å²) in [5.74, 6) is 2.10. The maximum Gasteiger partial charge on any atom is 0.209 e. The lowest BCUT2D eigenvalue weighted by molar-refractivity contribution is 0.306. The molecule has 1 N–H and O–H groups in total. The van der Waals surface area contributed by atoms with Crippen molar-refractivity contribution in [1.29, 1.82) is 0 Å². The highest BCUT2D eigenvalue weighted by Crippen LogP contribution is 2.49. The minimum Gasteiger partial charge on any atom is -0.493 e. The number of anilines is 2. The topological polar surface area (TPSA) is 49.0 Å². The first-order valence-corrected chi connectivity index (χ1v) is 6.44. The summed E-state index contributed by atoms with van der Waals surface area (Å²) in [5.41, 5.74) is 1.67. The number of hydrogen-bond acceptors (Lipinski definition) is 5. The van der Waals surface area contributed by atoms with Crippen LogP contribution < -0.4 is 24.3 Å². The molecule has 0 spiro atoms. The first-order chi connectivity index (χ1) is 10.2. The van der Waals surface area contributed by atoms with E-state index >= 15 is 0 Å². The molecule has 112 valence electrons. The van der Waals surface area contributed by atoms with Crippen molar-refractivity contribution < 1.29 is 18.9 Å². The van der Waals surface area contributed by atoms with Crippen LogP contribution in [0.25, 0.3) is 0 Å². The van der Waals surface area contributed by atoms with Gasteiger partial charge >= 0.3 is 0 Å². The van der Waals surface area contributed by atoms with Gasteiger partial charge in [-0.2, -0.15) is 0 Å². The predicted molar refractivity (Wildman–Crippen MR) is 82.4 cm³/mol. The van der Waals surface area contributed by atoms with Gasteiger partial charge in [0.25, 0.3) is 0 Å². The fourth-order valence-electron chi connectivity index (χ4n) is 2.10. The molecule has 0 fully saturated rings. The Kier molecular flexibility index (Phi) is 4.77. The smallest absolute Gasteiger partial charge is 0.209 e. The molecule has 0 bridgehead atoms. The van der Waals surface area contributed by atoms with Crippen LogP contribution in [0.1, 0.15) is 0 Å². The van der Waals surface area contributed by atoms with Gasteiger partial charge in [0.2, 0.25) is 11.5 Å². The Balaban J connectivity index is 2.54. The van der Waals surface area contributed by atoms with E-state index in [2.05, 4.69) is 5.32 Å². The van der Waals surface area contributed by atoms with Crippen LogP contribution in [0.3, 0.4) is 0 Å². The average molecular weight is 289 g/mol. The van der Waals surface area contributed by atoms with Gasteiger partial charge in [0, 0.05) is 11.8 Å². The lowest BCUT2D eigenvalue weighted by atomic mass is 10.2. The van der Waals surface area contributed by atoms with Crippen molar-refractivity contribution >= 4 is 11.4 Å². The second-order valence-corrected chi connectivity index (χ2v) is 4.22. The molecule has 0 aromatic heterocycles. The van der Waals surface area contributed by atoms with Crippen LogP contribution >= 0.6 is 0 Å². The molecule has 0 saturated carbocycles. The molecular formula is C16H19NO4. The Hall–Kier alpha value is -2.56. The Morgan fingerprint density at radius 1 is 0.714 bits per heavy atom. The second kappa shape index (κ2) is 6.74. The van der Waals surface area contributed by atoms with Crippen molar-refractivity contribution in [1.82, 2.24) is 0 Å². The Morgan fingerprint density at radius 2 is 1.33 bits per heavy atom. The maximum atomic E-state index is 5.46. The highest BCUT2D eigenvalue weighted by atomic mass is 16.5. The van der Waals surface area contributed by atoms with E-state index in [0.29, 0.717) is 23.0 Å². The van der Waals surface area contributed by atoms with Crippen molar-refractivity contribution in [2.24, 2.45) is 0 Å². The van der Waals surface area contributed by atoms with E-state index in [4.69, 9.17) is 18.9 Å². The fraction of sp³-hybridized carbons (Fsp3) is 0.250. The van der Waals surface area contributed by atoms with Crippen LogP contribution in [-0.4, -0.2) is 28.4 Å². The minimum absolute atomic E-state index is 0.484. The van der Waals surface area contributed by atoms with Crippen molar-refractivity contribution in [3.8, 4) is 23.0 Å². The van der Waals surface area contributed by atoms with Gasteiger partial charge in [0.1, 0.15) is 0 Å². The van der Waals surface area contributed by atoms with Gasteiger partial charge in [-0.1, -0.05) is 18.2 Å². The number of benzene rings is 2. The molecule has 0 saturated heterocycles. The SMILES string of the molecule is COc1cc(Nc2ccccc2)c(OC)c(OC)c1OC. The summed E-state index contributed by atoms with van der Waals surface area (Å²) in [7, 11) is 6.28. The summed E-state index contributed by atoms with van der Waals surface area (Å²) in [6, 6.07) is 11.6. The molecule has 0 amide bonds. The van der Waals surface area contributed by atoms with Gasteiger partial charge in [0.15, 0.2) is 11.5 Å². The van der Waals surface area contributed by atoms with Gasteiger partial charge in [-0.25, -0.2) is 0 Å². The molecule has 0 aliphatic rings. The van der Waals surface area contributed by atoms with Crippen LogP contribution in [0.4, 0.5) is 11.4 Å². The number of ether oxygens (including phenoxy) is 4. The molecule has 0 aliphatic heterocycles. The molecule has 21 heavy (non-hydrogen) atoms. The quantitative estimate of drug-likeness (QED) is 0.882. The highest BCUT2D eigenvalue weighted by Gasteiger charge is 2.21. The largest absolute Gasteiger partial charge is 0.493 e.